The van der Waals surface area contributed by atoms with Gasteiger partial charge in [0.2, 0.25) is 12.0 Å². The van der Waals surface area contributed by atoms with Gasteiger partial charge in [-0.25, -0.2) is 4.79 Å². The summed E-state index contributed by atoms with van der Waals surface area (Å²) in [6.45, 7) is -2.27. The smallest absolute Gasteiger partial charge is 0.338 e. The Balaban J connectivity index is 1.21. The third-order valence-electron chi connectivity index (χ3n) is 8.89. The third-order valence-corrected chi connectivity index (χ3v) is 8.89. The van der Waals surface area contributed by atoms with Crippen molar-refractivity contribution in [2.24, 2.45) is 0 Å². The lowest BCUT2D eigenvalue weighted by Gasteiger charge is -2.42. The summed E-state index contributed by atoms with van der Waals surface area (Å²) in [6, 6.07) is 9.28. The van der Waals surface area contributed by atoms with E-state index in [0.29, 0.717) is 0 Å². The van der Waals surface area contributed by atoms with E-state index in [1.165, 1.54) is 32.4 Å². The van der Waals surface area contributed by atoms with Crippen LogP contribution in [0.2, 0.25) is 0 Å². The summed E-state index contributed by atoms with van der Waals surface area (Å²) in [6.07, 6.45) is -12.2. The summed E-state index contributed by atoms with van der Waals surface area (Å²) in [5.41, 5.74) is -3.07. The lowest BCUT2D eigenvalue weighted by Crippen LogP contribution is -2.62. The summed E-state index contributed by atoms with van der Waals surface area (Å²) in [5.74, 6) is -3.34. The summed E-state index contributed by atoms with van der Waals surface area (Å²) < 4.78 is 43.8. The van der Waals surface area contributed by atoms with Crippen LogP contribution in [0.4, 0.5) is 0 Å². The van der Waals surface area contributed by atoms with Crippen LogP contribution in [0.25, 0.3) is 22.3 Å². The number of hydrogen-bond donors (Lipinski definition) is 9. The first-order chi connectivity index (χ1) is 25.7. The molecule has 290 valence electrons. The topological polar surface area (TPSA) is 294 Å². The number of carbonyl (C=O) groups excluding carboxylic acids is 1. The van der Waals surface area contributed by atoms with Gasteiger partial charge in [0.05, 0.1) is 33.0 Å². The number of aromatic hydroxyl groups is 4. The monoisotopic (exact) mass is 760 g/mol. The van der Waals surface area contributed by atoms with E-state index in [-0.39, 0.29) is 50.9 Å². The first-order valence-corrected chi connectivity index (χ1v) is 16.1. The van der Waals surface area contributed by atoms with Crippen molar-refractivity contribution < 1.29 is 88.3 Å². The number of carbonyl (C=O) groups is 1. The molecule has 19 nitrogen and oxygen atoms in total. The van der Waals surface area contributed by atoms with Gasteiger partial charge < -0.3 is 83.5 Å². The van der Waals surface area contributed by atoms with Crippen molar-refractivity contribution in [1.29, 1.82) is 0 Å². The molecule has 1 aromatic heterocycles. The molecule has 0 aliphatic carbocycles. The predicted molar refractivity (Wildman–Crippen MR) is 178 cm³/mol. The molecule has 2 aliphatic rings. The van der Waals surface area contributed by atoms with Crippen LogP contribution in [-0.2, 0) is 18.9 Å². The van der Waals surface area contributed by atoms with Gasteiger partial charge in [0.25, 0.3) is 0 Å². The number of aliphatic hydroxyl groups excluding tert-OH is 4. The van der Waals surface area contributed by atoms with E-state index >= 15 is 0 Å². The van der Waals surface area contributed by atoms with Crippen LogP contribution in [0.15, 0.2) is 57.7 Å². The van der Waals surface area contributed by atoms with Crippen LogP contribution in [0, 0.1) is 0 Å². The Morgan fingerprint density at radius 3 is 2.24 bits per heavy atom. The minimum atomic E-state index is -2.26. The molecule has 2 aliphatic heterocycles. The number of benzene rings is 3. The fraction of sp³-hybridized carbons (Fsp3) is 0.371. The van der Waals surface area contributed by atoms with Gasteiger partial charge in [0.15, 0.2) is 46.4 Å². The highest BCUT2D eigenvalue weighted by molar-refractivity contribution is 5.91. The van der Waals surface area contributed by atoms with Crippen molar-refractivity contribution in [3.05, 3.63) is 64.3 Å². The normalized spacial score (nSPS) is 26.8. The van der Waals surface area contributed by atoms with Crippen LogP contribution < -0.4 is 19.6 Å². The summed E-state index contributed by atoms with van der Waals surface area (Å²) in [5, 5.41) is 93.9. The quantitative estimate of drug-likeness (QED) is 0.0707. The molecule has 2 saturated heterocycles. The maximum absolute atomic E-state index is 12.9. The lowest BCUT2D eigenvalue weighted by atomic mass is 9.98. The maximum Gasteiger partial charge on any atom is 0.338 e. The highest BCUT2D eigenvalue weighted by Gasteiger charge is 2.54. The van der Waals surface area contributed by atoms with Gasteiger partial charge in [0.1, 0.15) is 59.3 Å². The van der Waals surface area contributed by atoms with E-state index in [0.717, 1.165) is 30.3 Å². The number of fused-ring (bicyclic) bond motifs is 1. The van der Waals surface area contributed by atoms with Crippen molar-refractivity contribution in [2.45, 2.75) is 48.7 Å². The lowest BCUT2D eigenvalue weighted by molar-refractivity contribution is -0.318. The van der Waals surface area contributed by atoms with Crippen molar-refractivity contribution in [2.75, 3.05) is 34.0 Å². The minimum absolute atomic E-state index is 0.0542. The molecule has 3 aromatic carbocycles. The zero-order valence-corrected chi connectivity index (χ0v) is 28.4. The van der Waals surface area contributed by atoms with Crippen LogP contribution in [-0.4, -0.2) is 135 Å². The molecule has 8 atom stereocenters. The van der Waals surface area contributed by atoms with Crippen molar-refractivity contribution in [3.8, 4) is 51.6 Å². The number of hydrogen-bond acceptors (Lipinski definition) is 19. The van der Waals surface area contributed by atoms with Crippen molar-refractivity contribution in [3.63, 3.8) is 0 Å². The molecular formula is C35H36O19. The Morgan fingerprint density at radius 2 is 1.59 bits per heavy atom. The standard InChI is InChI=1S/C35H36O19/c1-47-23-6-15(7-24(48-2)27(23)41)32(45)49-12-35(46)13-50-34(31(35)44)54-30-29(43)28(42)25(11-36)53-33(30)51-16-8-19(39)26-20(40)10-21(52-22(26)9-16)14-3-4-17(37)18(38)5-14/h3-10,25,28-31,33-34,36-39,41-44,46H,11-13H2,1-2H3/t25-,28-,29+,30-,31+,33-,34+,35-/m1/s1. The maximum atomic E-state index is 12.9. The largest absolute Gasteiger partial charge is 0.507 e. The second-order valence-electron chi connectivity index (χ2n) is 12.5. The number of rotatable bonds is 11. The Hall–Kier alpha value is -5.38. The molecule has 19 heteroatoms. The summed E-state index contributed by atoms with van der Waals surface area (Å²) >= 11 is 0. The third kappa shape index (κ3) is 7.26. The minimum Gasteiger partial charge on any atom is -0.507 e. The molecule has 4 aromatic rings. The average Bonchev–Trinajstić information content (AvgIpc) is 3.43. The Labute approximate surface area is 303 Å². The molecule has 2 fully saturated rings. The van der Waals surface area contributed by atoms with Gasteiger partial charge >= 0.3 is 5.97 Å². The highest BCUT2D eigenvalue weighted by atomic mass is 16.8. The number of phenols is 4. The Bertz CT molecular complexity index is 2060. The van der Waals surface area contributed by atoms with E-state index in [9.17, 15) is 55.5 Å². The fourth-order valence-electron chi connectivity index (χ4n) is 5.90. The van der Waals surface area contributed by atoms with Gasteiger partial charge in [-0.05, 0) is 30.3 Å². The van der Waals surface area contributed by atoms with Crippen molar-refractivity contribution >= 4 is 16.9 Å². The molecule has 6 rings (SSSR count). The molecule has 0 spiro atoms. The molecule has 0 saturated carbocycles. The van der Waals surface area contributed by atoms with Crippen molar-refractivity contribution in [1.82, 2.24) is 0 Å². The molecule has 0 bridgehead atoms. The Morgan fingerprint density at radius 1 is 0.889 bits per heavy atom. The van der Waals surface area contributed by atoms with E-state index in [1.54, 1.807) is 0 Å². The predicted octanol–water partition coefficient (Wildman–Crippen LogP) is -0.192. The van der Waals surface area contributed by atoms with E-state index < -0.39 is 97.2 Å². The average molecular weight is 761 g/mol. The van der Waals surface area contributed by atoms with Crippen LogP contribution in [0.3, 0.4) is 0 Å². The van der Waals surface area contributed by atoms with Crippen LogP contribution in [0.1, 0.15) is 10.4 Å². The van der Waals surface area contributed by atoms with Gasteiger partial charge in [-0.1, -0.05) is 0 Å². The number of phenolic OH excluding ortho intramolecular Hbond substituents is 4. The number of aliphatic hydroxyl groups is 5. The first-order valence-electron chi connectivity index (χ1n) is 16.1. The molecule has 0 amide bonds. The second-order valence-corrected chi connectivity index (χ2v) is 12.5. The summed E-state index contributed by atoms with van der Waals surface area (Å²) in [4.78, 5) is 25.8. The van der Waals surface area contributed by atoms with E-state index in [2.05, 4.69) is 0 Å². The van der Waals surface area contributed by atoms with Gasteiger partial charge in [-0.3, -0.25) is 4.79 Å². The zero-order chi connectivity index (χ0) is 39.1. The van der Waals surface area contributed by atoms with Gasteiger partial charge in [0, 0.05) is 23.8 Å². The molecule has 0 unspecified atom stereocenters. The van der Waals surface area contributed by atoms with E-state index in [4.69, 9.17) is 37.6 Å². The molecular weight excluding hydrogens is 724 g/mol. The zero-order valence-electron chi connectivity index (χ0n) is 28.4. The van der Waals surface area contributed by atoms with Gasteiger partial charge in [-0.15, -0.1) is 0 Å². The number of methoxy groups -OCH3 is 2. The molecule has 9 N–H and O–H groups in total. The number of ether oxygens (including phenoxy) is 7. The highest BCUT2D eigenvalue weighted by Crippen LogP contribution is 2.39. The SMILES string of the molecule is COc1cc(C(=O)OC[C@@]2(O)CO[C@@H](O[C@H]3[C@H](Oc4cc(O)c5c(=O)cc(-c6ccc(O)c(O)c6)oc5c4)O[C@H](CO)[C@@H](O)[C@@H]3O)[C@@H]2O)cc(OC)c1O. The van der Waals surface area contributed by atoms with Gasteiger partial charge in [-0.2, -0.15) is 0 Å². The van der Waals surface area contributed by atoms with Crippen LogP contribution in [0.5, 0.6) is 40.2 Å². The fourth-order valence-corrected chi connectivity index (χ4v) is 5.90. The van der Waals surface area contributed by atoms with E-state index in [1.807, 2.05) is 0 Å². The second kappa shape index (κ2) is 15.2. The first kappa shape index (κ1) is 38.3. The molecule has 0 radical (unpaired) electrons. The van der Waals surface area contributed by atoms with Crippen LogP contribution >= 0.6 is 0 Å². The number of esters is 1. The summed E-state index contributed by atoms with van der Waals surface area (Å²) in [7, 11) is 2.50. The molecule has 3 heterocycles. The molecule has 54 heavy (non-hydrogen) atoms. The Kier molecular flexibility index (Phi) is 10.8.